The molecule has 1 aromatic rings. The Bertz CT molecular complexity index is 472. The van der Waals surface area contributed by atoms with E-state index in [0.29, 0.717) is 6.54 Å². The fraction of sp³-hybridized carbons (Fsp3) is 0.429. The molecule has 1 unspecified atom stereocenters. The van der Waals surface area contributed by atoms with E-state index in [0.717, 1.165) is 11.3 Å². The van der Waals surface area contributed by atoms with Gasteiger partial charge in [-0.2, -0.15) is 0 Å². The standard InChI is InChI=1S/C14H21N3O2/c1-5-15-14(19)17-13(18)11(4)16-12-7-6-9(2)10(3)8-12/h6-8,11,16H,5H2,1-4H3,(H2,15,17,18,19). The van der Waals surface area contributed by atoms with E-state index in [1.165, 1.54) is 5.56 Å². The molecule has 104 valence electrons. The highest BCUT2D eigenvalue weighted by atomic mass is 16.2. The molecule has 1 aromatic carbocycles. The predicted molar refractivity (Wildman–Crippen MR) is 76.2 cm³/mol. The Morgan fingerprint density at radius 3 is 2.47 bits per heavy atom. The smallest absolute Gasteiger partial charge is 0.321 e. The second-order valence-electron chi connectivity index (χ2n) is 4.51. The van der Waals surface area contributed by atoms with Crippen molar-refractivity contribution in [3.8, 4) is 0 Å². The van der Waals surface area contributed by atoms with E-state index in [1.807, 2.05) is 32.0 Å². The molecule has 0 radical (unpaired) electrons. The van der Waals surface area contributed by atoms with Crippen LogP contribution in [0.25, 0.3) is 0 Å². The minimum Gasteiger partial charge on any atom is -0.374 e. The van der Waals surface area contributed by atoms with Crippen LogP contribution in [-0.2, 0) is 4.79 Å². The fourth-order valence-electron chi connectivity index (χ4n) is 1.57. The van der Waals surface area contributed by atoms with E-state index in [4.69, 9.17) is 0 Å². The molecule has 1 rings (SSSR count). The molecule has 0 bridgehead atoms. The molecular formula is C14H21N3O2. The van der Waals surface area contributed by atoms with E-state index in [9.17, 15) is 9.59 Å². The van der Waals surface area contributed by atoms with E-state index >= 15 is 0 Å². The van der Waals surface area contributed by atoms with Crippen molar-refractivity contribution in [2.75, 3.05) is 11.9 Å². The molecule has 3 N–H and O–H groups in total. The van der Waals surface area contributed by atoms with Crippen LogP contribution >= 0.6 is 0 Å². The zero-order chi connectivity index (χ0) is 14.4. The highest BCUT2D eigenvalue weighted by Gasteiger charge is 2.15. The van der Waals surface area contributed by atoms with Crippen LogP contribution in [0.3, 0.4) is 0 Å². The molecule has 19 heavy (non-hydrogen) atoms. The van der Waals surface area contributed by atoms with Crippen molar-refractivity contribution in [2.45, 2.75) is 33.7 Å². The first-order valence-corrected chi connectivity index (χ1v) is 6.36. The van der Waals surface area contributed by atoms with Gasteiger partial charge >= 0.3 is 6.03 Å². The van der Waals surface area contributed by atoms with Gasteiger partial charge in [0.05, 0.1) is 0 Å². The molecule has 3 amide bonds. The summed E-state index contributed by atoms with van der Waals surface area (Å²) in [4.78, 5) is 23.0. The first-order valence-electron chi connectivity index (χ1n) is 6.36. The average molecular weight is 263 g/mol. The largest absolute Gasteiger partial charge is 0.374 e. The van der Waals surface area contributed by atoms with Crippen LogP contribution in [0.15, 0.2) is 18.2 Å². The van der Waals surface area contributed by atoms with Gasteiger partial charge < -0.3 is 10.6 Å². The second kappa shape index (κ2) is 6.78. The minimum atomic E-state index is -0.482. The summed E-state index contributed by atoms with van der Waals surface area (Å²) in [6, 6.07) is 4.93. The van der Waals surface area contributed by atoms with Crippen molar-refractivity contribution >= 4 is 17.6 Å². The third-order valence-corrected chi connectivity index (χ3v) is 2.86. The maximum absolute atomic E-state index is 11.8. The van der Waals surface area contributed by atoms with E-state index < -0.39 is 12.1 Å². The van der Waals surface area contributed by atoms with Crippen LogP contribution in [0.4, 0.5) is 10.5 Å². The topological polar surface area (TPSA) is 70.2 Å². The van der Waals surface area contributed by atoms with Crippen LogP contribution in [-0.4, -0.2) is 24.5 Å². The number of anilines is 1. The summed E-state index contributed by atoms with van der Waals surface area (Å²) >= 11 is 0. The van der Waals surface area contributed by atoms with Crippen LogP contribution in [0.5, 0.6) is 0 Å². The molecule has 0 saturated heterocycles. The Kier molecular flexibility index (Phi) is 5.36. The SMILES string of the molecule is CCNC(=O)NC(=O)C(C)Nc1ccc(C)c(C)c1. The normalized spacial score (nSPS) is 11.6. The Morgan fingerprint density at radius 1 is 1.21 bits per heavy atom. The Balaban J connectivity index is 2.58. The van der Waals surface area contributed by atoms with Crippen LogP contribution < -0.4 is 16.0 Å². The van der Waals surface area contributed by atoms with Gasteiger partial charge in [-0.1, -0.05) is 6.07 Å². The first kappa shape index (κ1) is 15.0. The van der Waals surface area contributed by atoms with Gasteiger partial charge in [0.15, 0.2) is 0 Å². The molecule has 0 fully saturated rings. The summed E-state index contributed by atoms with van der Waals surface area (Å²) in [5, 5.41) is 7.85. The van der Waals surface area contributed by atoms with E-state index in [-0.39, 0.29) is 5.91 Å². The number of hydrogen-bond acceptors (Lipinski definition) is 3. The number of carbonyl (C=O) groups is 2. The minimum absolute atomic E-state index is 0.357. The number of benzene rings is 1. The lowest BCUT2D eigenvalue weighted by Gasteiger charge is -2.15. The summed E-state index contributed by atoms with van der Waals surface area (Å²) in [7, 11) is 0. The number of imide groups is 1. The molecule has 0 aliphatic carbocycles. The lowest BCUT2D eigenvalue weighted by molar-refractivity contribution is -0.120. The van der Waals surface area contributed by atoms with E-state index in [2.05, 4.69) is 16.0 Å². The number of urea groups is 1. The predicted octanol–water partition coefficient (Wildman–Crippen LogP) is 1.95. The Morgan fingerprint density at radius 2 is 1.89 bits per heavy atom. The third-order valence-electron chi connectivity index (χ3n) is 2.86. The molecule has 5 nitrogen and oxygen atoms in total. The average Bonchev–Trinajstić information content (AvgIpc) is 2.34. The van der Waals surface area contributed by atoms with Crippen molar-refractivity contribution < 1.29 is 9.59 Å². The highest BCUT2D eigenvalue weighted by Crippen LogP contribution is 2.14. The first-order chi connectivity index (χ1) is 8.93. The number of amides is 3. The van der Waals surface area contributed by atoms with Crippen molar-refractivity contribution in [3.05, 3.63) is 29.3 Å². The monoisotopic (exact) mass is 263 g/mol. The quantitative estimate of drug-likeness (QED) is 0.777. The van der Waals surface area contributed by atoms with Gasteiger partial charge in [0.25, 0.3) is 0 Å². The third kappa shape index (κ3) is 4.62. The summed E-state index contributed by atoms with van der Waals surface area (Å²) in [5.74, 6) is -0.357. The maximum Gasteiger partial charge on any atom is 0.321 e. The maximum atomic E-state index is 11.8. The van der Waals surface area contributed by atoms with Gasteiger partial charge in [-0.3, -0.25) is 10.1 Å². The zero-order valence-corrected chi connectivity index (χ0v) is 11.8. The Hall–Kier alpha value is -2.04. The van der Waals surface area contributed by atoms with Crippen molar-refractivity contribution in [1.82, 2.24) is 10.6 Å². The fourth-order valence-corrected chi connectivity index (χ4v) is 1.57. The second-order valence-corrected chi connectivity index (χ2v) is 4.51. The number of rotatable bonds is 4. The lowest BCUT2D eigenvalue weighted by atomic mass is 10.1. The molecule has 0 spiro atoms. The van der Waals surface area contributed by atoms with Crippen molar-refractivity contribution in [3.63, 3.8) is 0 Å². The summed E-state index contributed by atoms with van der Waals surface area (Å²) in [6.07, 6.45) is 0. The van der Waals surface area contributed by atoms with Crippen molar-refractivity contribution in [2.24, 2.45) is 0 Å². The van der Waals surface area contributed by atoms with Gasteiger partial charge in [-0.15, -0.1) is 0 Å². The molecule has 0 aliphatic heterocycles. The molecule has 0 aromatic heterocycles. The zero-order valence-electron chi connectivity index (χ0n) is 11.8. The molecule has 5 heteroatoms. The molecule has 0 aliphatic rings. The van der Waals surface area contributed by atoms with Crippen molar-refractivity contribution in [1.29, 1.82) is 0 Å². The van der Waals surface area contributed by atoms with Gasteiger partial charge in [-0.05, 0) is 51.0 Å². The Labute approximate surface area is 113 Å². The number of nitrogens with one attached hydrogen (secondary N) is 3. The molecular weight excluding hydrogens is 242 g/mol. The summed E-state index contributed by atoms with van der Waals surface area (Å²) < 4.78 is 0. The van der Waals surface area contributed by atoms with Gasteiger partial charge in [0, 0.05) is 12.2 Å². The van der Waals surface area contributed by atoms with Gasteiger partial charge in [0.1, 0.15) is 6.04 Å². The molecule has 0 heterocycles. The lowest BCUT2D eigenvalue weighted by Crippen LogP contribution is -2.45. The number of hydrogen-bond donors (Lipinski definition) is 3. The van der Waals surface area contributed by atoms with E-state index in [1.54, 1.807) is 13.8 Å². The van der Waals surface area contributed by atoms with Gasteiger partial charge in [0.2, 0.25) is 5.91 Å². The van der Waals surface area contributed by atoms with Gasteiger partial charge in [-0.25, -0.2) is 4.79 Å². The molecule has 0 saturated carbocycles. The van der Waals surface area contributed by atoms with Crippen LogP contribution in [0.2, 0.25) is 0 Å². The van der Waals surface area contributed by atoms with Crippen LogP contribution in [0, 0.1) is 13.8 Å². The number of aryl methyl sites for hydroxylation is 2. The summed E-state index contributed by atoms with van der Waals surface area (Å²) in [5.41, 5.74) is 3.22. The van der Waals surface area contributed by atoms with Crippen LogP contribution in [0.1, 0.15) is 25.0 Å². The summed E-state index contributed by atoms with van der Waals surface area (Å²) in [6.45, 7) is 8.03. The number of carbonyl (C=O) groups excluding carboxylic acids is 2. The highest BCUT2D eigenvalue weighted by molar-refractivity contribution is 5.97. The molecule has 1 atom stereocenters.